The summed E-state index contributed by atoms with van der Waals surface area (Å²) in [5, 5.41) is 25.0. The van der Waals surface area contributed by atoms with E-state index in [-0.39, 0.29) is 30.0 Å². The van der Waals surface area contributed by atoms with Gasteiger partial charge in [0.1, 0.15) is 18.4 Å². The number of amides is 2. The van der Waals surface area contributed by atoms with Gasteiger partial charge in [0.15, 0.2) is 5.69 Å². The number of hydrogen-bond acceptors (Lipinski definition) is 5. The van der Waals surface area contributed by atoms with Crippen LogP contribution < -0.4 is 20.6 Å². The summed E-state index contributed by atoms with van der Waals surface area (Å²) >= 11 is 0. The molecule has 0 bridgehead atoms. The maximum Gasteiger partial charge on any atom is 0.246 e. The minimum Gasteiger partial charge on any atom is -0.595 e. The molecule has 4 N–H and O–H groups in total. The van der Waals surface area contributed by atoms with Gasteiger partial charge in [0.05, 0.1) is 5.92 Å². The van der Waals surface area contributed by atoms with E-state index >= 15 is 0 Å². The van der Waals surface area contributed by atoms with E-state index in [4.69, 9.17) is 9.94 Å². The number of nitrogens with one attached hydrogen (secondary N) is 3. The second kappa shape index (κ2) is 13.4. The highest BCUT2D eigenvalue weighted by molar-refractivity contribution is 5.97. The van der Waals surface area contributed by atoms with Gasteiger partial charge in [-0.25, -0.2) is 5.21 Å². The molecule has 3 atom stereocenters. The number of ether oxygens (including phenoxy) is 1. The molecular weight excluding hydrogens is 458 g/mol. The number of carbonyl (C=O) groups is 2. The highest BCUT2D eigenvalue weighted by Crippen LogP contribution is 2.17. The Labute approximate surface area is 211 Å². The molecular formula is C28H33N3O5. The Morgan fingerprint density at radius 2 is 1.53 bits per heavy atom. The van der Waals surface area contributed by atoms with Crippen LogP contribution in [0.15, 0.2) is 84.9 Å². The average molecular weight is 492 g/mol. The van der Waals surface area contributed by atoms with E-state index in [0.717, 1.165) is 5.56 Å². The van der Waals surface area contributed by atoms with E-state index in [1.165, 1.54) is 12.1 Å². The molecule has 3 aromatic carbocycles. The molecule has 8 nitrogen and oxygen atoms in total. The standard InChI is InChI=1S/C28H33N3O5/c1-20(2)17-26(28(33)29-23-11-7-4-8-12-23)30-27(32)22(18-21-9-5-3-6-10-21)19-36-25-15-13-24(14-16-25)31(34)35/h3-16,20,22,26,31,34H,17-19H2,1-2H3,(H,29,33)(H,30,32). The van der Waals surface area contributed by atoms with E-state index in [0.29, 0.717) is 24.3 Å². The van der Waals surface area contributed by atoms with Crippen molar-refractivity contribution in [3.05, 3.63) is 95.7 Å². The van der Waals surface area contributed by atoms with Gasteiger partial charge in [-0.2, -0.15) is 5.23 Å². The van der Waals surface area contributed by atoms with Crippen LogP contribution in [-0.4, -0.2) is 29.7 Å². The Morgan fingerprint density at radius 1 is 0.917 bits per heavy atom. The molecule has 0 fully saturated rings. The molecule has 3 unspecified atom stereocenters. The monoisotopic (exact) mass is 491 g/mol. The van der Waals surface area contributed by atoms with Crippen molar-refractivity contribution >= 4 is 23.2 Å². The van der Waals surface area contributed by atoms with Crippen molar-refractivity contribution in [3.8, 4) is 5.75 Å². The highest BCUT2D eigenvalue weighted by atomic mass is 16.8. The van der Waals surface area contributed by atoms with E-state index in [9.17, 15) is 14.8 Å². The van der Waals surface area contributed by atoms with Crippen LogP contribution in [-0.2, 0) is 16.0 Å². The first-order valence-corrected chi connectivity index (χ1v) is 12.0. The largest absolute Gasteiger partial charge is 0.595 e. The lowest BCUT2D eigenvalue weighted by Crippen LogP contribution is -2.99. The van der Waals surface area contributed by atoms with Gasteiger partial charge in [-0.3, -0.25) is 9.59 Å². The summed E-state index contributed by atoms with van der Waals surface area (Å²) in [7, 11) is 0. The first-order valence-electron chi connectivity index (χ1n) is 12.0. The summed E-state index contributed by atoms with van der Waals surface area (Å²) in [6, 6.07) is 24.1. The lowest BCUT2D eigenvalue weighted by atomic mass is 9.97. The van der Waals surface area contributed by atoms with Gasteiger partial charge >= 0.3 is 0 Å². The van der Waals surface area contributed by atoms with Crippen LogP contribution >= 0.6 is 0 Å². The van der Waals surface area contributed by atoms with Gasteiger partial charge in [-0.05, 0) is 48.6 Å². The number of quaternary nitrogens is 1. The maximum absolute atomic E-state index is 13.4. The molecule has 0 aliphatic carbocycles. The summed E-state index contributed by atoms with van der Waals surface area (Å²) in [6.45, 7) is 4.07. The van der Waals surface area contributed by atoms with E-state index in [1.54, 1.807) is 24.3 Å². The van der Waals surface area contributed by atoms with Crippen LogP contribution in [0.4, 0.5) is 11.4 Å². The SMILES string of the molecule is CC(C)CC(NC(=O)C(COc1ccc([NH+]([O-])O)cc1)Cc1ccccc1)C(=O)Nc1ccccc1. The van der Waals surface area contributed by atoms with Crippen molar-refractivity contribution in [1.82, 2.24) is 5.32 Å². The minimum absolute atomic E-state index is 0.0713. The van der Waals surface area contributed by atoms with Crippen LogP contribution in [0.2, 0.25) is 0 Å². The second-order valence-corrected chi connectivity index (χ2v) is 9.07. The molecule has 0 aliphatic heterocycles. The van der Waals surface area contributed by atoms with Crippen molar-refractivity contribution in [2.75, 3.05) is 11.9 Å². The topological polar surface area (TPSA) is 115 Å². The average Bonchev–Trinajstić information content (AvgIpc) is 2.87. The van der Waals surface area contributed by atoms with Crippen molar-refractivity contribution < 1.29 is 24.8 Å². The predicted molar refractivity (Wildman–Crippen MR) is 138 cm³/mol. The highest BCUT2D eigenvalue weighted by Gasteiger charge is 2.27. The third kappa shape index (κ3) is 8.49. The Balaban J connectivity index is 1.73. The van der Waals surface area contributed by atoms with Gasteiger partial charge in [-0.15, -0.1) is 0 Å². The van der Waals surface area contributed by atoms with Gasteiger partial charge in [0.25, 0.3) is 0 Å². The van der Waals surface area contributed by atoms with Crippen molar-refractivity contribution in [2.24, 2.45) is 11.8 Å². The fourth-order valence-corrected chi connectivity index (χ4v) is 3.76. The first kappa shape index (κ1) is 26.9. The normalized spacial score (nSPS) is 13.5. The molecule has 8 heteroatoms. The summed E-state index contributed by atoms with van der Waals surface area (Å²) < 4.78 is 5.86. The Kier molecular flexibility index (Phi) is 10.00. The Hall–Kier alpha value is -3.72. The molecule has 3 aromatic rings. The van der Waals surface area contributed by atoms with Gasteiger partial charge in [0, 0.05) is 17.8 Å². The zero-order chi connectivity index (χ0) is 25.9. The van der Waals surface area contributed by atoms with Gasteiger partial charge in [-0.1, -0.05) is 62.4 Å². The summed E-state index contributed by atoms with van der Waals surface area (Å²) in [5.74, 6) is -0.465. The predicted octanol–water partition coefficient (Wildman–Crippen LogP) is 3.50. The molecule has 0 aromatic heterocycles. The molecule has 0 heterocycles. The number of benzene rings is 3. The zero-order valence-electron chi connectivity index (χ0n) is 20.5. The third-order valence-corrected chi connectivity index (χ3v) is 5.63. The molecule has 2 amide bonds. The lowest BCUT2D eigenvalue weighted by molar-refractivity contribution is -0.991. The molecule has 0 aliphatic rings. The van der Waals surface area contributed by atoms with E-state index < -0.39 is 17.2 Å². The third-order valence-electron chi connectivity index (χ3n) is 5.63. The van der Waals surface area contributed by atoms with Crippen molar-refractivity contribution in [2.45, 2.75) is 32.7 Å². The molecule has 190 valence electrons. The maximum atomic E-state index is 13.4. The summed E-state index contributed by atoms with van der Waals surface area (Å²) in [4.78, 5) is 26.4. The smallest absolute Gasteiger partial charge is 0.246 e. The van der Waals surface area contributed by atoms with Crippen molar-refractivity contribution in [3.63, 3.8) is 0 Å². The Morgan fingerprint density at radius 3 is 2.11 bits per heavy atom. The molecule has 0 radical (unpaired) electrons. The number of para-hydroxylation sites is 1. The number of anilines is 1. The zero-order valence-corrected chi connectivity index (χ0v) is 20.5. The van der Waals surface area contributed by atoms with E-state index in [2.05, 4.69) is 10.6 Å². The number of hydrogen-bond donors (Lipinski definition) is 4. The summed E-state index contributed by atoms with van der Waals surface area (Å²) in [6.07, 6.45) is 0.911. The van der Waals surface area contributed by atoms with Crippen LogP contribution in [0.5, 0.6) is 5.75 Å². The fraction of sp³-hybridized carbons (Fsp3) is 0.286. The van der Waals surface area contributed by atoms with Gasteiger partial charge in [0.2, 0.25) is 11.8 Å². The molecule has 3 rings (SSSR count). The molecule has 0 saturated carbocycles. The summed E-state index contributed by atoms with van der Waals surface area (Å²) in [5.41, 5.74) is 1.79. The van der Waals surface area contributed by atoms with Crippen molar-refractivity contribution in [1.29, 1.82) is 0 Å². The molecule has 36 heavy (non-hydrogen) atoms. The van der Waals surface area contributed by atoms with Crippen LogP contribution in [0.3, 0.4) is 0 Å². The molecule has 0 spiro atoms. The van der Waals surface area contributed by atoms with Gasteiger partial charge < -0.3 is 20.6 Å². The van der Waals surface area contributed by atoms with Crippen LogP contribution in [0.25, 0.3) is 0 Å². The lowest BCUT2D eigenvalue weighted by Gasteiger charge is -2.24. The second-order valence-electron chi connectivity index (χ2n) is 9.07. The quantitative estimate of drug-likeness (QED) is 0.290. The minimum atomic E-state index is -1.02. The fourth-order valence-electron chi connectivity index (χ4n) is 3.76. The van der Waals surface area contributed by atoms with Crippen LogP contribution in [0.1, 0.15) is 25.8 Å². The number of carbonyl (C=O) groups excluding carboxylic acids is 2. The Bertz CT molecular complexity index is 1090. The molecule has 0 saturated heterocycles. The van der Waals surface area contributed by atoms with Crippen LogP contribution in [0, 0.1) is 17.0 Å². The number of rotatable bonds is 12. The first-order chi connectivity index (χ1) is 17.3. The van der Waals surface area contributed by atoms with E-state index in [1.807, 2.05) is 62.4 Å².